The van der Waals surface area contributed by atoms with Gasteiger partial charge < -0.3 is 0 Å². The lowest BCUT2D eigenvalue weighted by atomic mass is 10.1. The Bertz CT molecular complexity index is 734. The van der Waals surface area contributed by atoms with Crippen molar-refractivity contribution in [3.63, 3.8) is 0 Å². The van der Waals surface area contributed by atoms with Crippen LogP contribution in [0.2, 0.25) is 0 Å². The normalized spacial score (nSPS) is 12.3. The average molecular weight is 335 g/mol. The first-order valence-electron chi connectivity index (χ1n) is 7.95. The summed E-state index contributed by atoms with van der Waals surface area (Å²) in [5.41, 5.74) is 1.30. The molecule has 0 atom stereocenters. The molecule has 0 radical (unpaired) electrons. The minimum Gasteiger partial charge on any atom is -0.268 e. The Balaban J connectivity index is 2.40. The predicted octanol–water partition coefficient (Wildman–Crippen LogP) is 3.46. The summed E-state index contributed by atoms with van der Waals surface area (Å²) in [6.07, 6.45) is 2.42. The highest BCUT2D eigenvalue weighted by Crippen LogP contribution is 2.27. The lowest BCUT2D eigenvalue weighted by molar-refractivity contribution is 0.531. The molecule has 6 heteroatoms. The molecule has 0 amide bonds. The predicted molar refractivity (Wildman–Crippen MR) is 92.7 cm³/mol. The van der Waals surface area contributed by atoms with Crippen molar-refractivity contribution in [2.45, 2.75) is 45.1 Å². The van der Waals surface area contributed by atoms with Gasteiger partial charge in [0.05, 0.1) is 0 Å². The zero-order valence-electron chi connectivity index (χ0n) is 14.2. The molecule has 2 aromatic rings. The largest absolute Gasteiger partial charge is 0.268 e. The number of nitrogens with zero attached hydrogens (tertiary/aromatic N) is 2. The summed E-state index contributed by atoms with van der Waals surface area (Å²) in [6, 6.07) is 9.51. The van der Waals surface area contributed by atoms with E-state index in [9.17, 15) is 8.42 Å². The molecule has 1 aromatic heterocycles. The van der Waals surface area contributed by atoms with E-state index in [1.54, 1.807) is 10.9 Å². The van der Waals surface area contributed by atoms with E-state index in [1.807, 2.05) is 44.2 Å². The van der Waals surface area contributed by atoms with Crippen molar-refractivity contribution in [2.75, 3.05) is 6.54 Å². The lowest BCUT2D eigenvalue weighted by Gasteiger charge is -2.08. The summed E-state index contributed by atoms with van der Waals surface area (Å²) in [6.45, 7) is 8.52. The third kappa shape index (κ3) is 4.42. The molecular formula is C17H25N3O2S. The molecule has 0 saturated heterocycles. The average Bonchev–Trinajstić information content (AvgIpc) is 2.94. The van der Waals surface area contributed by atoms with Gasteiger partial charge in [0.15, 0.2) is 0 Å². The van der Waals surface area contributed by atoms with E-state index in [4.69, 9.17) is 0 Å². The van der Waals surface area contributed by atoms with Crippen molar-refractivity contribution in [3.8, 4) is 11.3 Å². The smallest absolute Gasteiger partial charge is 0.244 e. The summed E-state index contributed by atoms with van der Waals surface area (Å²) in [5.74, 6) is 0.449. The first kappa shape index (κ1) is 17.7. The van der Waals surface area contributed by atoms with Crippen molar-refractivity contribution in [3.05, 3.63) is 36.5 Å². The van der Waals surface area contributed by atoms with Crippen LogP contribution in [0.15, 0.2) is 41.4 Å². The van der Waals surface area contributed by atoms with E-state index in [2.05, 4.69) is 23.7 Å². The highest BCUT2D eigenvalue weighted by Gasteiger charge is 2.24. The van der Waals surface area contributed by atoms with Gasteiger partial charge in [-0.05, 0) is 26.2 Å². The third-order valence-electron chi connectivity index (χ3n) is 3.58. The highest BCUT2D eigenvalue weighted by atomic mass is 32.2. The van der Waals surface area contributed by atoms with Crippen LogP contribution in [0.3, 0.4) is 0 Å². The number of nitrogens with one attached hydrogen (secondary N) is 1. The van der Waals surface area contributed by atoms with E-state index in [0.29, 0.717) is 18.2 Å². The second kappa shape index (κ2) is 7.27. The van der Waals surface area contributed by atoms with E-state index in [1.165, 1.54) is 0 Å². The third-order valence-corrected chi connectivity index (χ3v) is 5.04. The van der Waals surface area contributed by atoms with Crippen LogP contribution in [0, 0.1) is 5.92 Å². The van der Waals surface area contributed by atoms with Crippen molar-refractivity contribution < 1.29 is 8.42 Å². The summed E-state index contributed by atoms with van der Waals surface area (Å²) < 4.78 is 29.7. The molecule has 1 heterocycles. The Morgan fingerprint density at radius 1 is 1.13 bits per heavy atom. The van der Waals surface area contributed by atoms with Crippen molar-refractivity contribution >= 4 is 10.0 Å². The van der Waals surface area contributed by atoms with Crippen LogP contribution >= 0.6 is 0 Å². The molecule has 1 aromatic carbocycles. The molecular weight excluding hydrogens is 310 g/mol. The molecule has 0 unspecified atom stereocenters. The molecule has 1 N–H and O–H groups in total. The molecule has 0 aliphatic carbocycles. The Labute approximate surface area is 138 Å². The van der Waals surface area contributed by atoms with E-state index >= 15 is 0 Å². The van der Waals surface area contributed by atoms with Gasteiger partial charge in [0, 0.05) is 24.3 Å². The molecule has 5 nitrogen and oxygen atoms in total. The Morgan fingerprint density at radius 2 is 1.78 bits per heavy atom. The molecule has 0 spiro atoms. The first-order valence-corrected chi connectivity index (χ1v) is 9.44. The van der Waals surface area contributed by atoms with Gasteiger partial charge in [-0.2, -0.15) is 5.10 Å². The van der Waals surface area contributed by atoms with Gasteiger partial charge in [0.2, 0.25) is 10.0 Å². The van der Waals surface area contributed by atoms with Crippen LogP contribution in [0.5, 0.6) is 0 Å². The molecule has 23 heavy (non-hydrogen) atoms. The van der Waals surface area contributed by atoms with Gasteiger partial charge in [-0.25, -0.2) is 13.1 Å². The zero-order chi connectivity index (χ0) is 17.0. The molecule has 2 rings (SSSR count). The highest BCUT2D eigenvalue weighted by molar-refractivity contribution is 7.89. The van der Waals surface area contributed by atoms with E-state index in [0.717, 1.165) is 12.0 Å². The maximum absolute atomic E-state index is 12.7. The van der Waals surface area contributed by atoms with Crippen LogP contribution in [-0.4, -0.2) is 24.7 Å². The number of benzene rings is 1. The molecule has 126 valence electrons. The Kier molecular flexibility index (Phi) is 5.59. The number of aromatic nitrogens is 2. The maximum atomic E-state index is 12.7. The van der Waals surface area contributed by atoms with Gasteiger partial charge in [-0.15, -0.1) is 0 Å². The minimum absolute atomic E-state index is 0.0945. The number of hydrogen-bond donors (Lipinski definition) is 1. The standard InChI is InChI=1S/C17H25N3O2S/c1-13(2)10-11-18-23(21,22)16-12-20(14(3)4)19-17(16)15-8-6-5-7-9-15/h5-9,12-14,18H,10-11H2,1-4H3. The molecule has 0 bridgehead atoms. The molecule has 0 fully saturated rings. The van der Waals surface area contributed by atoms with Gasteiger partial charge in [0.1, 0.15) is 10.6 Å². The summed E-state index contributed by atoms with van der Waals surface area (Å²) in [5, 5.41) is 4.49. The van der Waals surface area contributed by atoms with E-state index in [-0.39, 0.29) is 10.9 Å². The van der Waals surface area contributed by atoms with Gasteiger partial charge in [-0.3, -0.25) is 4.68 Å². The topological polar surface area (TPSA) is 64.0 Å². The molecule has 0 aliphatic heterocycles. The van der Waals surface area contributed by atoms with Gasteiger partial charge >= 0.3 is 0 Å². The fraction of sp³-hybridized carbons (Fsp3) is 0.471. The van der Waals surface area contributed by atoms with Crippen LogP contribution in [-0.2, 0) is 10.0 Å². The monoisotopic (exact) mass is 335 g/mol. The van der Waals surface area contributed by atoms with Gasteiger partial charge in [0.25, 0.3) is 0 Å². The Morgan fingerprint density at radius 3 is 2.35 bits per heavy atom. The van der Waals surface area contributed by atoms with Crippen LogP contribution in [0.1, 0.15) is 40.2 Å². The van der Waals surface area contributed by atoms with Crippen molar-refractivity contribution in [2.24, 2.45) is 5.92 Å². The van der Waals surface area contributed by atoms with Gasteiger partial charge in [-0.1, -0.05) is 44.2 Å². The summed E-state index contributed by atoms with van der Waals surface area (Å²) >= 11 is 0. The first-order chi connectivity index (χ1) is 10.8. The number of hydrogen-bond acceptors (Lipinski definition) is 3. The second-order valence-electron chi connectivity index (χ2n) is 6.36. The fourth-order valence-corrected chi connectivity index (χ4v) is 3.39. The Hall–Kier alpha value is -1.66. The number of rotatable bonds is 7. The van der Waals surface area contributed by atoms with Crippen LogP contribution in [0.25, 0.3) is 11.3 Å². The minimum atomic E-state index is -3.58. The number of sulfonamides is 1. The fourth-order valence-electron chi connectivity index (χ4n) is 2.19. The van der Waals surface area contributed by atoms with Crippen LogP contribution < -0.4 is 4.72 Å². The molecule has 0 saturated carbocycles. The summed E-state index contributed by atoms with van der Waals surface area (Å²) in [4.78, 5) is 0.237. The van der Waals surface area contributed by atoms with Crippen LogP contribution in [0.4, 0.5) is 0 Å². The zero-order valence-corrected chi connectivity index (χ0v) is 15.0. The van der Waals surface area contributed by atoms with Crippen molar-refractivity contribution in [1.82, 2.24) is 14.5 Å². The quantitative estimate of drug-likeness (QED) is 0.843. The SMILES string of the molecule is CC(C)CCNS(=O)(=O)c1cn(C(C)C)nc1-c1ccccc1. The second-order valence-corrected chi connectivity index (χ2v) is 8.10. The van der Waals surface area contributed by atoms with Crippen molar-refractivity contribution in [1.29, 1.82) is 0 Å². The lowest BCUT2D eigenvalue weighted by Crippen LogP contribution is -2.25. The molecule has 0 aliphatic rings. The summed E-state index contributed by atoms with van der Waals surface area (Å²) in [7, 11) is -3.58. The van der Waals surface area contributed by atoms with E-state index < -0.39 is 10.0 Å². The maximum Gasteiger partial charge on any atom is 0.244 e.